The van der Waals surface area contributed by atoms with Gasteiger partial charge in [0.1, 0.15) is 0 Å². The number of halogens is 2. The quantitative estimate of drug-likeness (QED) is 0.674. The van der Waals surface area contributed by atoms with Crippen LogP contribution in [0.2, 0.25) is 0 Å². The zero-order valence-electron chi connectivity index (χ0n) is 16.9. The summed E-state index contributed by atoms with van der Waals surface area (Å²) >= 11 is 0. The molecule has 3 heterocycles. The van der Waals surface area contributed by atoms with Crippen molar-refractivity contribution in [1.29, 1.82) is 0 Å². The molecule has 3 aromatic rings. The number of benzene rings is 1. The summed E-state index contributed by atoms with van der Waals surface area (Å²) in [5, 5.41) is 8.67. The number of aromatic nitrogens is 3. The molecule has 1 amide bonds. The number of rotatable bonds is 6. The van der Waals surface area contributed by atoms with E-state index in [0.29, 0.717) is 19.6 Å². The minimum atomic E-state index is -0.820. The average Bonchev–Trinajstić information content (AvgIpc) is 3.10. The summed E-state index contributed by atoms with van der Waals surface area (Å²) in [5.74, 6) is -1.47. The Kier molecular flexibility index (Phi) is 6.03. The minimum absolute atomic E-state index is 0.0696. The molecular weight excluding hydrogens is 388 g/mol. The van der Waals surface area contributed by atoms with Gasteiger partial charge in [0.15, 0.2) is 17.3 Å². The molecule has 1 saturated heterocycles. The minimum Gasteiger partial charge on any atom is -0.354 e. The van der Waals surface area contributed by atoms with Crippen molar-refractivity contribution in [3.8, 4) is 0 Å². The van der Waals surface area contributed by atoms with Gasteiger partial charge in [0.2, 0.25) is 5.91 Å². The third-order valence-electron chi connectivity index (χ3n) is 5.52. The summed E-state index contributed by atoms with van der Waals surface area (Å²) in [6, 6.07) is 8.04. The Bertz CT molecular complexity index is 1050. The zero-order chi connectivity index (χ0) is 21.1. The number of piperidine rings is 1. The van der Waals surface area contributed by atoms with E-state index in [1.54, 1.807) is 12.3 Å². The van der Waals surface area contributed by atoms with Crippen molar-refractivity contribution in [3.05, 3.63) is 59.4 Å². The number of amides is 1. The lowest BCUT2D eigenvalue weighted by Crippen LogP contribution is -2.34. The number of carbonyl (C=O) groups excluding carboxylic acids is 1. The molecule has 0 unspecified atom stereocenters. The highest BCUT2D eigenvalue weighted by molar-refractivity contribution is 5.79. The number of nitrogens with one attached hydrogen (secondary N) is 1. The Labute approximate surface area is 173 Å². The van der Waals surface area contributed by atoms with E-state index in [4.69, 9.17) is 5.10 Å². The number of carbonyl (C=O) groups is 1. The Morgan fingerprint density at radius 1 is 1.27 bits per heavy atom. The summed E-state index contributed by atoms with van der Waals surface area (Å²) in [5.41, 5.74) is 2.59. The predicted molar refractivity (Wildman–Crippen MR) is 110 cm³/mol. The van der Waals surface area contributed by atoms with E-state index in [2.05, 4.69) is 15.2 Å². The molecule has 1 aliphatic rings. The highest BCUT2D eigenvalue weighted by atomic mass is 19.2. The predicted octanol–water partition coefficient (Wildman–Crippen LogP) is 3.23. The molecule has 30 heavy (non-hydrogen) atoms. The van der Waals surface area contributed by atoms with Gasteiger partial charge >= 0.3 is 0 Å². The smallest absolute Gasteiger partial charge is 0.216 e. The maximum absolute atomic E-state index is 13.6. The second kappa shape index (κ2) is 8.87. The van der Waals surface area contributed by atoms with Gasteiger partial charge < -0.3 is 5.32 Å². The second-order valence-electron chi connectivity index (χ2n) is 7.79. The summed E-state index contributed by atoms with van der Waals surface area (Å²) in [6.07, 6.45) is 3.77. The second-order valence-corrected chi connectivity index (χ2v) is 7.79. The Balaban J connectivity index is 1.52. The number of hydrogen-bond donors (Lipinski definition) is 1. The molecule has 0 saturated carbocycles. The van der Waals surface area contributed by atoms with Gasteiger partial charge in [0, 0.05) is 44.1 Å². The van der Waals surface area contributed by atoms with E-state index in [0.717, 1.165) is 48.2 Å². The average molecular weight is 413 g/mol. The fraction of sp³-hybridized carbons (Fsp3) is 0.409. The molecule has 1 atom stereocenters. The lowest BCUT2D eigenvalue weighted by molar-refractivity contribution is -0.118. The van der Waals surface area contributed by atoms with Crippen LogP contribution in [0.25, 0.3) is 11.0 Å². The Hall–Kier alpha value is -2.87. The summed E-state index contributed by atoms with van der Waals surface area (Å²) in [4.78, 5) is 17.9. The van der Waals surface area contributed by atoms with Gasteiger partial charge in [-0.05, 0) is 49.2 Å². The molecular formula is C22H25F2N5O. The van der Waals surface area contributed by atoms with Crippen LogP contribution in [0.3, 0.4) is 0 Å². The summed E-state index contributed by atoms with van der Waals surface area (Å²) in [6.45, 7) is 4.83. The van der Waals surface area contributed by atoms with E-state index < -0.39 is 11.6 Å². The normalized spacial score (nSPS) is 17.4. The van der Waals surface area contributed by atoms with Gasteiger partial charge in [-0.2, -0.15) is 5.10 Å². The van der Waals surface area contributed by atoms with Crippen LogP contribution in [-0.4, -0.2) is 45.2 Å². The van der Waals surface area contributed by atoms with Crippen LogP contribution in [0, 0.1) is 11.6 Å². The zero-order valence-corrected chi connectivity index (χ0v) is 16.9. The van der Waals surface area contributed by atoms with E-state index in [1.165, 1.54) is 19.1 Å². The van der Waals surface area contributed by atoms with Crippen molar-refractivity contribution in [1.82, 2.24) is 25.0 Å². The maximum atomic E-state index is 13.6. The molecule has 1 N–H and O–H groups in total. The molecule has 158 valence electrons. The van der Waals surface area contributed by atoms with Crippen LogP contribution in [0.5, 0.6) is 0 Å². The molecule has 1 fully saturated rings. The van der Waals surface area contributed by atoms with Crippen molar-refractivity contribution in [2.45, 2.75) is 38.8 Å². The standard InChI is InChI=1S/C22H25F2N5O/c1-15(30)25-9-11-29-22-18(5-2-8-26-22)21(27-29)17-4-3-10-28(14-17)13-16-6-7-19(23)20(24)12-16/h2,5-8,12,17H,3-4,9-11,13-14H2,1H3,(H,25,30)/t17-/m0/s1. The van der Waals surface area contributed by atoms with Gasteiger partial charge in [0.05, 0.1) is 12.2 Å². The van der Waals surface area contributed by atoms with E-state index in [-0.39, 0.29) is 11.8 Å². The van der Waals surface area contributed by atoms with Crippen molar-refractivity contribution in [3.63, 3.8) is 0 Å². The van der Waals surface area contributed by atoms with Crippen LogP contribution >= 0.6 is 0 Å². The van der Waals surface area contributed by atoms with Crippen LogP contribution in [-0.2, 0) is 17.9 Å². The number of pyridine rings is 1. The largest absolute Gasteiger partial charge is 0.354 e. The highest BCUT2D eigenvalue weighted by Crippen LogP contribution is 2.31. The number of fused-ring (bicyclic) bond motifs is 1. The third kappa shape index (κ3) is 4.48. The van der Waals surface area contributed by atoms with Crippen molar-refractivity contribution in [2.75, 3.05) is 19.6 Å². The van der Waals surface area contributed by atoms with Gasteiger partial charge in [-0.25, -0.2) is 18.4 Å². The molecule has 8 heteroatoms. The molecule has 6 nitrogen and oxygen atoms in total. The molecule has 0 bridgehead atoms. The first-order valence-electron chi connectivity index (χ1n) is 10.2. The SMILES string of the molecule is CC(=O)NCCn1nc([C@H]2CCCN(Cc3ccc(F)c(F)c3)C2)c2cccnc21. The first kappa shape index (κ1) is 20.4. The van der Waals surface area contributed by atoms with Gasteiger partial charge in [0.25, 0.3) is 0 Å². The van der Waals surface area contributed by atoms with Gasteiger partial charge in [-0.1, -0.05) is 6.07 Å². The molecule has 0 radical (unpaired) electrons. The van der Waals surface area contributed by atoms with E-state index in [9.17, 15) is 13.6 Å². The topological polar surface area (TPSA) is 63.1 Å². The Morgan fingerprint density at radius 3 is 2.93 bits per heavy atom. The maximum Gasteiger partial charge on any atom is 0.216 e. The highest BCUT2D eigenvalue weighted by Gasteiger charge is 2.26. The van der Waals surface area contributed by atoms with Gasteiger partial charge in [-0.15, -0.1) is 0 Å². The number of nitrogens with zero attached hydrogens (tertiary/aromatic N) is 4. The van der Waals surface area contributed by atoms with Crippen molar-refractivity contribution in [2.24, 2.45) is 0 Å². The molecule has 4 rings (SSSR count). The molecule has 1 aromatic carbocycles. The monoisotopic (exact) mass is 413 g/mol. The Morgan fingerprint density at radius 2 is 2.13 bits per heavy atom. The first-order chi connectivity index (χ1) is 14.5. The summed E-state index contributed by atoms with van der Waals surface area (Å²) < 4.78 is 28.6. The molecule has 2 aromatic heterocycles. The van der Waals surface area contributed by atoms with Crippen molar-refractivity contribution >= 4 is 16.9 Å². The van der Waals surface area contributed by atoms with E-state index in [1.807, 2.05) is 16.8 Å². The van der Waals surface area contributed by atoms with E-state index >= 15 is 0 Å². The third-order valence-corrected chi connectivity index (χ3v) is 5.52. The van der Waals surface area contributed by atoms with Crippen molar-refractivity contribution < 1.29 is 13.6 Å². The molecule has 1 aliphatic heterocycles. The fourth-order valence-corrected chi connectivity index (χ4v) is 4.15. The fourth-order valence-electron chi connectivity index (χ4n) is 4.15. The molecule has 0 aliphatic carbocycles. The lowest BCUT2D eigenvalue weighted by atomic mass is 9.93. The summed E-state index contributed by atoms with van der Waals surface area (Å²) in [7, 11) is 0. The van der Waals surface area contributed by atoms with Crippen LogP contribution in [0.15, 0.2) is 36.5 Å². The number of likely N-dealkylation sites (tertiary alicyclic amines) is 1. The van der Waals surface area contributed by atoms with Gasteiger partial charge in [-0.3, -0.25) is 9.69 Å². The molecule has 0 spiro atoms. The first-order valence-corrected chi connectivity index (χ1v) is 10.2. The van der Waals surface area contributed by atoms with Crippen LogP contribution in [0.1, 0.15) is 36.9 Å². The van der Waals surface area contributed by atoms with Crippen LogP contribution < -0.4 is 5.32 Å². The van der Waals surface area contributed by atoms with Crippen LogP contribution in [0.4, 0.5) is 8.78 Å². The number of hydrogen-bond acceptors (Lipinski definition) is 4. The lowest BCUT2D eigenvalue weighted by Gasteiger charge is -2.32.